The molecule has 0 aliphatic heterocycles. The summed E-state index contributed by atoms with van der Waals surface area (Å²) in [5, 5.41) is 10.3. The number of sulfonamides is 1. The first-order valence-electron chi connectivity index (χ1n) is 5.27. The summed E-state index contributed by atoms with van der Waals surface area (Å²) in [5.41, 5.74) is -0.504. The molecule has 2 N–H and O–H groups in total. The van der Waals surface area contributed by atoms with E-state index in [0.29, 0.717) is 6.42 Å². The maximum atomic E-state index is 11.8. The van der Waals surface area contributed by atoms with E-state index in [2.05, 4.69) is 20.2 Å². The minimum Gasteiger partial charge on any atom is -0.300 e. The number of amides is 1. The van der Waals surface area contributed by atoms with Crippen LogP contribution in [0, 0.1) is 5.41 Å². The monoisotopic (exact) mass is 292 g/mol. The summed E-state index contributed by atoms with van der Waals surface area (Å²) in [5.74, 6) is -0.174. The van der Waals surface area contributed by atoms with Crippen molar-refractivity contribution in [3.8, 4) is 0 Å². The lowest BCUT2D eigenvalue weighted by molar-refractivity contribution is -0.124. The van der Waals surface area contributed by atoms with Gasteiger partial charge in [-0.15, -0.1) is 10.2 Å². The summed E-state index contributed by atoms with van der Waals surface area (Å²) in [6.45, 7) is 5.55. The van der Waals surface area contributed by atoms with Gasteiger partial charge in [-0.2, -0.15) is 0 Å². The molecule has 0 fully saturated rings. The van der Waals surface area contributed by atoms with E-state index in [1.165, 1.54) is 0 Å². The molecule has 0 spiro atoms. The number of carbonyl (C=O) groups is 1. The second-order valence-electron chi connectivity index (χ2n) is 4.48. The standard InChI is InChI=1S/C9H16N4O3S2/c1-5-9(2,3)6(14)10-7-11-12-8(17-7)13-18(4,15)16/h5H2,1-4H3,(H,12,13)(H,10,11,14). The smallest absolute Gasteiger partial charge is 0.231 e. The highest BCUT2D eigenvalue weighted by Crippen LogP contribution is 2.25. The molecular formula is C9H16N4O3S2. The third kappa shape index (κ3) is 4.22. The number of carbonyl (C=O) groups excluding carboxylic acids is 1. The van der Waals surface area contributed by atoms with Crippen molar-refractivity contribution in [2.24, 2.45) is 5.41 Å². The average molecular weight is 292 g/mol. The van der Waals surface area contributed by atoms with Crippen molar-refractivity contribution in [1.29, 1.82) is 0 Å². The summed E-state index contributed by atoms with van der Waals surface area (Å²) in [6, 6.07) is 0. The van der Waals surface area contributed by atoms with E-state index < -0.39 is 15.4 Å². The van der Waals surface area contributed by atoms with Crippen LogP contribution in [0.25, 0.3) is 0 Å². The van der Waals surface area contributed by atoms with Gasteiger partial charge in [-0.1, -0.05) is 32.1 Å². The molecule has 7 nitrogen and oxygen atoms in total. The number of anilines is 2. The molecule has 1 aromatic heterocycles. The molecule has 1 heterocycles. The first kappa shape index (κ1) is 14.8. The van der Waals surface area contributed by atoms with Gasteiger partial charge in [0.2, 0.25) is 26.2 Å². The summed E-state index contributed by atoms with van der Waals surface area (Å²) >= 11 is 0.970. The van der Waals surface area contributed by atoms with Gasteiger partial charge < -0.3 is 5.32 Å². The largest absolute Gasteiger partial charge is 0.300 e. The van der Waals surface area contributed by atoms with Crippen LogP contribution in [0.3, 0.4) is 0 Å². The quantitative estimate of drug-likeness (QED) is 0.851. The van der Waals surface area contributed by atoms with Crippen molar-refractivity contribution in [1.82, 2.24) is 10.2 Å². The minimum atomic E-state index is -3.38. The van der Waals surface area contributed by atoms with Crippen LogP contribution in [0.4, 0.5) is 10.3 Å². The molecule has 18 heavy (non-hydrogen) atoms. The van der Waals surface area contributed by atoms with Gasteiger partial charge in [0.25, 0.3) is 0 Å². The Morgan fingerprint density at radius 2 is 1.89 bits per heavy atom. The number of hydrogen-bond acceptors (Lipinski definition) is 6. The second kappa shape index (κ2) is 5.19. The number of rotatable bonds is 5. The molecule has 0 aromatic carbocycles. The van der Waals surface area contributed by atoms with Crippen molar-refractivity contribution >= 4 is 37.5 Å². The maximum absolute atomic E-state index is 11.8. The Labute approximate surface area is 110 Å². The Bertz CT molecular complexity index is 536. The molecule has 0 radical (unpaired) electrons. The Kier molecular flexibility index (Phi) is 4.28. The second-order valence-corrected chi connectivity index (χ2v) is 7.20. The lowest BCUT2D eigenvalue weighted by Crippen LogP contribution is -2.29. The van der Waals surface area contributed by atoms with E-state index in [1.807, 2.05) is 20.8 Å². The molecule has 0 bridgehead atoms. The fourth-order valence-corrected chi connectivity index (χ4v) is 2.37. The van der Waals surface area contributed by atoms with Crippen molar-refractivity contribution in [2.45, 2.75) is 27.2 Å². The van der Waals surface area contributed by atoms with Crippen molar-refractivity contribution < 1.29 is 13.2 Å². The molecule has 0 aliphatic carbocycles. The van der Waals surface area contributed by atoms with E-state index in [0.717, 1.165) is 17.6 Å². The van der Waals surface area contributed by atoms with Crippen LogP contribution in [-0.2, 0) is 14.8 Å². The molecule has 9 heteroatoms. The number of nitrogens with one attached hydrogen (secondary N) is 2. The Balaban J connectivity index is 2.74. The zero-order chi connectivity index (χ0) is 14.0. The van der Waals surface area contributed by atoms with E-state index in [1.54, 1.807) is 0 Å². The summed E-state index contributed by atoms with van der Waals surface area (Å²) in [7, 11) is -3.38. The predicted octanol–water partition coefficient (Wildman–Crippen LogP) is 1.28. The molecule has 1 rings (SSSR count). The minimum absolute atomic E-state index is 0.127. The highest BCUT2D eigenvalue weighted by atomic mass is 32.2. The topological polar surface area (TPSA) is 101 Å². The Hall–Kier alpha value is -1.22. The highest BCUT2D eigenvalue weighted by Gasteiger charge is 2.26. The highest BCUT2D eigenvalue weighted by molar-refractivity contribution is 7.92. The molecule has 1 amide bonds. The molecule has 0 saturated heterocycles. The van der Waals surface area contributed by atoms with Gasteiger partial charge in [-0.3, -0.25) is 9.52 Å². The Morgan fingerprint density at radius 1 is 1.33 bits per heavy atom. The predicted molar refractivity (Wildman–Crippen MR) is 71.1 cm³/mol. The number of hydrogen-bond donors (Lipinski definition) is 2. The zero-order valence-electron chi connectivity index (χ0n) is 10.6. The van der Waals surface area contributed by atoms with Gasteiger partial charge in [0.05, 0.1) is 6.26 Å². The number of aromatic nitrogens is 2. The van der Waals surface area contributed by atoms with Crippen LogP contribution in [0.15, 0.2) is 0 Å². The molecule has 0 atom stereocenters. The van der Waals surface area contributed by atoms with E-state index in [9.17, 15) is 13.2 Å². The molecule has 0 unspecified atom stereocenters. The normalized spacial score (nSPS) is 12.2. The van der Waals surface area contributed by atoms with Crippen LogP contribution in [-0.4, -0.2) is 30.8 Å². The fraction of sp³-hybridized carbons (Fsp3) is 0.667. The van der Waals surface area contributed by atoms with Crippen molar-refractivity contribution in [3.05, 3.63) is 0 Å². The SMILES string of the molecule is CCC(C)(C)C(=O)Nc1nnc(NS(C)(=O)=O)s1. The number of nitrogens with zero attached hydrogens (tertiary/aromatic N) is 2. The molecule has 0 aliphatic rings. The lowest BCUT2D eigenvalue weighted by Gasteiger charge is -2.19. The van der Waals surface area contributed by atoms with Crippen molar-refractivity contribution in [3.63, 3.8) is 0 Å². The summed E-state index contributed by atoms with van der Waals surface area (Å²) in [6.07, 6.45) is 1.71. The molecule has 1 aromatic rings. The van der Waals surface area contributed by atoms with Crippen LogP contribution in [0.5, 0.6) is 0 Å². The maximum Gasteiger partial charge on any atom is 0.231 e. The molecule has 0 saturated carbocycles. The first-order chi connectivity index (χ1) is 8.14. The third-order valence-electron chi connectivity index (χ3n) is 2.42. The van der Waals surface area contributed by atoms with Gasteiger partial charge in [-0.05, 0) is 6.42 Å². The van der Waals surface area contributed by atoms with Crippen LogP contribution < -0.4 is 10.0 Å². The van der Waals surface area contributed by atoms with E-state index in [4.69, 9.17) is 0 Å². The summed E-state index contributed by atoms with van der Waals surface area (Å²) in [4.78, 5) is 11.8. The van der Waals surface area contributed by atoms with Crippen LogP contribution in [0.1, 0.15) is 27.2 Å². The van der Waals surface area contributed by atoms with Gasteiger partial charge in [0.15, 0.2) is 0 Å². The van der Waals surface area contributed by atoms with Gasteiger partial charge in [0, 0.05) is 5.41 Å². The van der Waals surface area contributed by atoms with Crippen molar-refractivity contribution in [2.75, 3.05) is 16.3 Å². The summed E-state index contributed by atoms with van der Waals surface area (Å²) < 4.78 is 24.1. The van der Waals surface area contributed by atoms with Gasteiger partial charge >= 0.3 is 0 Å². The zero-order valence-corrected chi connectivity index (χ0v) is 12.3. The van der Waals surface area contributed by atoms with E-state index >= 15 is 0 Å². The van der Waals surface area contributed by atoms with E-state index in [-0.39, 0.29) is 16.2 Å². The fourth-order valence-electron chi connectivity index (χ4n) is 0.900. The molecular weight excluding hydrogens is 276 g/mol. The lowest BCUT2D eigenvalue weighted by atomic mass is 9.89. The first-order valence-corrected chi connectivity index (χ1v) is 7.97. The third-order valence-corrected chi connectivity index (χ3v) is 3.86. The van der Waals surface area contributed by atoms with Crippen LogP contribution >= 0.6 is 11.3 Å². The Morgan fingerprint density at radius 3 is 2.39 bits per heavy atom. The molecule has 102 valence electrons. The average Bonchev–Trinajstić information content (AvgIpc) is 2.62. The van der Waals surface area contributed by atoms with Gasteiger partial charge in [-0.25, -0.2) is 8.42 Å². The van der Waals surface area contributed by atoms with Crippen LogP contribution in [0.2, 0.25) is 0 Å². The van der Waals surface area contributed by atoms with Gasteiger partial charge in [0.1, 0.15) is 0 Å².